The van der Waals surface area contributed by atoms with Gasteiger partial charge in [-0.3, -0.25) is 0 Å². The zero-order valence-electron chi connectivity index (χ0n) is 10.2. The Bertz CT molecular complexity index is 115. The summed E-state index contributed by atoms with van der Waals surface area (Å²) >= 11 is 0. The minimum absolute atomic E-state index is 0.394. The summed E-state index contributed by atoms with van der Waals surface area (Å²) in [6.07, 6.45) is 7.39. The Morgan fingerprint density at radius 1 is 1.07 bits per heavy atom. The van der Waals surface area contributed by atoms with Crippen LogP contribution < -0.4 is 11.1 Å². The monoisotopic (exact) mass is 200 g/mol. The molecule has 86 valence electrons. The van der Waals surface area contributed by atoms with Gasteiger partial charge >= 0.3 is 0 Å². The highest BCUT2D eigenvalue weighted by molar-refractivity contribution is 4.65. The Balaban J connectivity index is 3.25. The average Bonchev–Trinajstić information content (AvgIpc) is 2.15. The van der Waals surface area contributed by atoms with Crippen molar-refractivity contribution in [1.29, 1.82) is 0 Å². The SMILES string of the molecule is CCCCC(C)NCCC(N)CCC. The summed E-state index contributed by atoms with van der Waals surface area (Å²) in [5, 5.41) is 3.53. The van der Waals surface area contributed by atoms with Crippen molar-refractivity contribution >= 4 is 0 Å². The highest BCUT2D eigenvalue weighted by Crippen LogP contribution is 2.01. The van der Waals surface area contributed by atoms with Gasteiger partial charge in [-0.05, 0) is 32.7 Å². The predicted octanol–water partition coefficient (Wildman–Crippen LogP) is 2.67. The maximum absolute atomic E-state index is 5.93. The number of nitrogens with two attached hydrogens (primary N) is 1. The van der Waals surface area contributed by atoms with Crippen LogP contribution in [0.25, 0.3) is 0 Å². The molecule has 3 N–H and O–H groups in total. The van der Waals surface area contributed by atoms with Crippen LogP contribution in [0.1, 0.15) is 59.3 Å². The molecule has 0 rings (SSSR count). The van der Waals surface area contributed by atoms with E-state index in [1.54, 1.807) is 0 Å². The average molecular weight is 200 g/mol. The maximum Gasteiger partial charge on any atom is 0.00508 e. The second-order valence-corrected chi connectivity index (χ2v) is 4.33. The molecule has 2 heteroatoms. The fourth-order valence-electron chi connectivity index (χ4n) is 1.64. The molecule has 0 aliphatic heterocycles. The molecule has 14 heavy (non-hydrogen) atoms. The molecule has 0 saturated heterocycles. The first kappa shape index (κ1) is 13.9. The Hall–Kier alpha value is -0.0800. The van der Waals surface area contributed by atoms with Crippen LogP contribution in [0.2, 0.25) is 0 Å². The van der Waals surface area contributed by atoms with E-state index in [0.717, 1.165) is 19.4 Å². The molecule has 0 amide bonds. The van der Waals surface area contributed by atoms with Crippen LogP contribution in [0.4, 0.5) is 0 Å². The smallest absolute Gasteiger partial charge is 0.00508 e. The summed E-state index contributed by atoms with van der Waals surface area (Å²) in [7, 11) is 0. The van der Waals surface area contributed by atoms with Crippen LogP contribution in [-0.2, 0) is 0 Å². The van der Waals surface area contributed by atoms with Gasteiger partial charge in [-0.15, -0.1) is 0 Å². The molecule has 2 unspecified atom stereocenters. The van der Waals surface area contributed by atoms with Gasteiger partial charge in [0.25, 0.3) is 0 Å². The van der Waals surface area contributed by atoms with E-state index >= 15 is 0 Å². The van der Waals surface area contributed by atoms with Crippen LogP contribution >= 0.6 is 0 Å². The van der Waals surface area contributed by atoms with Gasteiger partial charge in [0.1, 0.15) is 0 Å². The summed E-state index contributed by atoms with van der Waals surface area (Å²) in [4.78, 5) is 0. The van der Waals surface area contributed by atoms with Gasteiger partial charge in [-0.1, -0.05) is 33.1 Å². The Labute approximate surface area is 89.6 Å². The maximum atomic E-state index is 5.93. The summed E-state index contributed by atoms with van der Waals surface area (Å²) in [6, 6.07) is 1.05. The van der Waals surface area contributed by atoms with Crippen molar-refractivity contribution in [2.75, 3.05) is 6.54 Å². The van der Waals surface area contributed by atoms with Gasteiger partial charge in [0.2, 0.25) is 0 Å². The van der Waals surface area contributed by atoms with E-state index in [0.29, 0.717) is 12.1 Å². The van der Waals surface area contributed by atoms with E-state index in [9.17, 15) is 0 Å². The quantitative estimate of drug-likeness (QED) is 0.600. The van der Waals surface area contributed by atoms with Crippen LogP contribution in [-0.4, -0.2) is 18.6 Å². The number of nitrogens with one attached hydrogen (secondary N) is 1. The summed E-state index contributed by atoms with van der Waals surface area (Å²) in [6.45, 7) is 7.77. The minimum atomic E-state index is 0.394. The summed E-state index contributed by atoms with van der Waals surface area (Å²) in [5.41, 5.74) is 5.93. The van der Waals surface area contributed by atoms with Gasteiger partial charge in [0.05, 0.1) is 0 Å². The summed E-state index contributed by atoms with van der Waals surface area (Å²) < 4.78 is 0. The first-order valence-corrected chi connectivity index (χ1v) is 6.19. The Morgan fingerprint density at radius 2 is 1.79 bits per heavy atom. The first-order valence-electron chi connectivity index (χ1n) is 6.19. The Morgan fingerprint density at radius 3 is 2.36 bits per heavy atom. The highest BCUT2D eigenvalue weighted by atomic mass is 14.9. The van der Waals surface area contributed by atoms with Crippen molar-refractivity contribution < 1.29 is 0 Å². The lowest BCUT2D eigenvalue weighted by atomic mass is 10.1. The Kier molecular flexibility index (Phi) is 9.42. The van der Waals surface area contributed by atoms with Crippen molar-refractivity contribution in [2.24, 2.45) is 5.73 Å². The van der Waals surface area contributed by atoms with Crippen LogP contribution in [0.3, 0.4) is 0 Å². The van der Waals surface area contributed by atoms with Gasteiger partial charge in [0.15, 0.2) is 0 Å². The molecule has 0 aromatic carbocycles. The van der Waals surface area contributed by atoms with Crippen LogP contribution in [0.15, 0.2) is 0 Å². The van der Waals surface area contributed by atoms with Crippen LogP contribution in [0.5, 0.6) is 0 Å². The summed E-state index contributed by atoms with van der Waals surface area (Å²) in [5.74, 6) is 0. The fourth-order valence-corrected chi connectivity index (χ4v) is 1.64. The number of hydrogen-bond donors (Lipinski definition) is 2. The standard InChI is InChI=1S/C12H28N2/c1-4-6-8-11(3)14-10-9-12(13)7-5-2/h11-12,14H,4-10,13H2,1-3H3. The van der Waals surface area contributed by atoms with Crippen molar-refractivity contribution in [3.8, 4) is 0 Å². The van der Waals surface area contributed by atoms with Gasteiger partial charge < -0.3 is 11.1 Å². The third kappa shape index (κ3) is 8.52. The van der Waals surface area contributed by atoms with E-state index in [-0.39, 0.29) is 0 Å². The molecule has 0 aliphatic rings. The molecular formula is C12H28N2. The van der Waals surface area contributed by atoms with Crippen molar-refractivity contribution in [3.05, 3.63) is 0 Å². The van der Waals surface area contributed by atoms with E-state index in [2.05, 4.69) is 26.1 Å². The number of rotatable bonds is 9. The fraction of sp³-hybridized carbons (Fsp3) is 1.00. The van der Waals surface area contributed by atoms with Crippen molar-refractivity contribution in [1.82, 2.24) is 5.32 Å². The molecule has 2 atom stereocenters. The van der Waals surface area contributed by atoms with E-state index in [1.807, 2.05) is 0 Å². The van der Waals surface area contributed by atoms with Gasteiger partial charge in [-0.2, -0.15) is 0 Å². The lowest BCUT2D eigenvalue weighted by molar-refractivity contribution is 0.460. The van der Waals surface area contributed by atoms with Crippen molar-refractivity contribution in [3.63, 3.8) is 0 Å². The first-order chi connectivity index (χ1) is 6.70. The lowest BCUT2D eigenvalue weighted by Crippen LogP contribution is -2.31. The normalized spacial score (nSPS) is 15.4. The zero-order valence-corrected chi connectivity index (χ0v) is 10.2. The second-order valence-electron chi connectivity index (χ2n) is 4.33. The third-order valence-corrected chi connectivity index (χ3v) is 2.66. The largest absolute Gasteiger partial charge is 0.328 e. The minimum Gasteiger partial charge on any atom is -0.328 e. The number of hydrogen-bond acceptors (Lipinski definition) is 2. The topological polar surface area (TPSA) is 38.0 Å². The molecule has 0 aromatic heterocycles. The predicted molar refractivity (Wildman–Crippen MR) is 64.5 cm³/mol. The molecule has 0 radical (unpaired) electrons. The molecule has 0 fully saturated rings. The number of unbranched alkanes of at least 4 members (excludes halogenated alkanes) is 1. The molecule has 0 heterocycles. The van der Waals surface area contributed by atoms with E-state index in [1.165, 1.54) is 25.7 Å². The molecule has 0 spiro atoms. The molecule has 0 aromatic rings. The molecule has 0 aliphatic carbocycles. The highest BCUT2D eigenvalue weighted by Gasteiger charge is 2.03. The molecule has 0 saturated carbocycles. The zero-order chi connectivity index (χ0) is 10.8. The van der Waals surface area contributed by atoms with Crippen molar-refractivity contribution in [2.45, 2.75) is 71.4 Å². The second kappa shape index (κ2) is 9.47. The van der Waals surface area contributed by atoms with Gasteiger partial charge in [0, 0.05) is 12.1 Å². The van der Waals surface area contributed by atoms with Gasteiger partial charge in [-0.25, -0.2) is 0 Å². The van der Waals surface area contributed by atoms with E-state index in [4.69, 9.17) is 5.73 Å². The third-order valence-electron chi connectivity index (χ3n) is 2.66. The molecule has 0 bridgehead atoms. The van der Waals surface area contributed by atoms with E-state index < -0.39 is 0 Å². The molecule has 2 nitrogen and oxygen atoms in total. The lowest BCUT2D eigenvalue weighted by Gasteiger charge is -2.15. The molecular weight excluding hydrogens is 172 g/mol. The van der Waals surface area contributed by atoms with Crippen LogP contribution in [0, 0.1) is 0 Å².